The second-order valence-electron chi connectivity index (χ2n) is 7.07. The molecule has 0 aromatic carbocycles. The van der Waals surface area contributed by atoms with Crippen molar-refractivity contribution < 1.29 is 0 Å². The molecule has 0 spiro atoms. The molecule has 3 aromatic rings. The molecule has 0 N–H and O–H groups in total. The van der Waals surface area contributed by atoms with Gasteiger partial charge in [0.2, 0.25) is 0 Å². The molecule has 1 aliphatic rings. The predicted octanol–water partition coefficient (Wildman–Crippen LogP) is 1.35. The summed E-state index contributed by atoms with van der Waals surface area (Å²) in [7, 11) is 1.92. The standard InChI is InChI=1S/C19H23N7O/c1-24-17(11-22-23-24)13-25-7-4-15(5-8-25)12-26-14-21-18(9-19(26)27)16-3-2-6-20-10-16/h2-3,6,9-11,14-15H,4-5,7-8,12-13H2,1H3. The van der Waals surface area contributed by atoms with Gasteiger partial charge in [0.05, 0.1) is 23.9 Å². The molecule has 0 aliphatic carbocycles. The molecule has 4 rings (SSSR count). The van der Waals surface area contributed by atoms with Crippen LogP contribution in [0.25, 0.3) is 11.3 Å². The molecule has 1 aliphatic heterocycles. The third-order valence-corrected chi connectivity index (χ3v) is 5.19. The number of rotatable bonds is 5. The van der Waals surface area contributed by atoms with Gasteiger partial charge in [-0.25, -0.2) is 4.98 Å². The van der Waals surface area contributed by atoms with Crippen LogP contribution in [0.3, 0.4) is 0 Å². The fourth-order valence-electron chi connectivity index (χ4n) is 3.52. The number of piperidine rings is 1. The molecular formula is C19H23N7O. The number of hydrogen-bond acceptors (Lipinski definition) is 6. The van der Waals surface area contributed by atoms with Crippen LogP contribution in [-0.2, 0) is 20.1 Å². The third kappa shape index (κ3) is 4.11. The molecule has 27 heavy (non-hydrogen) atoms. The zero-order valence-electron chi connectivity index (χ0n) is 15.4. The van der Waals surface area contributed by atoms with Crippen LogP contribution in [0.5, 0.6) is 0 Å². The van der Waals surface area contributed by atoms with Gasteiger partial charge >= 0.3 is 0 Å². The third-order valence-electron chi connectivity index (χ3n) is 5.19. The number of likely N-dealkylation sites (tertiary alicyclic amines) is 1. The average Bonchev–Trinajstić information content (AvgIpc) is 3.10. The minimum absolute atomic E-state index is 0.00718. The van der Waals surface area contributed by atoms with Crippen molar-refractivity contribution in [1.29, 1.82) is 0 Å². The Morgan fingerprint density at radius 2 is 2.07 bits per heavy atom. The van der Waals surface area contributed by atoms with E-state index >= 15 is 0 Å². The predicted molar refractivity (Wildman–Crippen MR) is 101 cm³/mol. The Balaban J connectivity index is 1.35. The van der Waals surface area contributed by atoms with Crippen LogP contribution in [0, 0.1) is 5.92 Å². The fourth-order valence-corrected chi connectivity index (χ4v) is 3.52. The first kappa shape index (κ1) is 17.5. The summed E-state index contributed by atoms with van der Waals surface area (Å²) in [5.41, 5.74) is 2.65. The molecule has 0 amide bonds. The van der Waals surface area contributed by atoms with Gasteiger partial charge in [-0.05, 0) is 44.0 Å². The smallest absolute Gasteiger partial charge is 0.253 e. The van der Waals surface area contributed by atoms with E-state index in [9.17, 15) is 4.79 Å². The van der Waals surface area contributed by atoms with Crippen molar-refractivity contribution in [2.45, 2.75) is 25.9 Å². The van der Waals surface area contributed by atoms with Crippen molar-refractivity contribution in [1.82, 2.24) is 34.4 Å². The minimum Gasteiger partial charge on any atom is -0.299 e. The summed E-state index contributed by atoms with van der Waals surface area (Å²) in [4.78, 5) is 23.4. The molecule has 3 aromatic heterocycles. The first-order chi connectivity index (χ1) is 13.2. The van der Waals surface area contributed by atoms with Crippen LogP contribution >= 0.6 is 0 Å². The highest BCUT2D eigenvalue weighted by molar-refractivity contribution is 5.56. The monoisotopic (exact) mass is 365 g/mol. The summed E-state index contributed by atoms with van der Waals surface area (Å²) in [6.45, 7) is 3.63. The average molecular weight is 365 g/mol. The number of nitrogens with zero attached hydrogens (tertiary/aromatic N) is 7. The van der Waals surface area contributed by atoms with Gasteiger partial charge in [0.15, 0.2) is 0 Å². The topological polar surface area (TPSA) is 81.7 Å². The van der Waals surface area contributed by atoms with E-state index in [2.05, 4.69) is 25.2 Å². The lowest BCUT2D eigenvalue weighted by molar-refractivity contribution is 0.163. The van der Waals surface area contributed by atoms with Crippen LogP contribution in [-0.4, -0.2) is 47.5 Å². The van der Waals surface area contributed by atoms with Crippen LogP contribution in [0.4, 0.5) is 0 Å². The Hall–Kier alpha value is -2.87. The largest absolute Gasteiger partial charge is 0.299 e. The zero-order valence-corrected chi connectivity index (χ0v) is 15.4. The Morgan fingerprint density at radius 1 is 1.22 bits per heavy atom. The first-order valence-corrected chi connectivity index (χ1v) is 9.22. The molecule has 8 nitrogen and oxygen atoms in total. The van der Waals surface area contributed by atoms with Crippen molar-refractivity contribution in [2.24, 2.45) is 13.0 Å². The Kier molecular flexibility index (Phi) is 5.06. The van der Waals surface area contributed by atoms with Gasteiger partial charge in [-0.1, -0.05) is 5.21 Å². The van der Waals surface area contributed by atoms with E-state index in [1.54, 1.807) is 29.4 Å². The van der Waals surface area contributed by atoms with Crippen molar-refractivity contribution in [3.8, 4) is 11.3 Å². The molecule has 8 heteroatoms. The second-order valence-corrected chi connectivity index (χ2v) is 7.07. The lowest BCUT2D eigenvalue weighted by atomic mass is 9.96. The molecule has 0 saturated carbocycles. The van der Waals surface area contributed by atoms with Crippen molar-refractivity contribution in [3.05, 3.63) is 59.2 Å². The van der Waals surface area contributed by atoms with E-state index in [1.807, 2.05) is 30.1 Å². The highest BCUT2D eigenvalue weighted by Crippen LogP contribution is 2.20. The van der Waals surface area contributed by atoms with Crippen LogP contribution in [0.1, 0.15) is 18.5 Å². The molecule has 0 radical (unpaired) electrons. The normalized spacial score (nSPS) is 15.9. The van der Waals surface area contributed by atoms with E-state index in [-0.39, 0.29) is 5.56 Å². The Morgan fingerprint density at radius 3 is 2.74 bits per heavy atom. The lowest BCUT2D eigenvalue weighted by Crippen LogP contribution is -2.36. The van der Waals surface area contributed by atoms with E-state index < -0.39 is 0 Å². The zero-order chi connectivity index (χ0) is 18.6. The summed E-state index contributed by atoms with van der Waals surface area (Å²) in [6.07, 6.45) is 9.06. The first-order valence-electron chi connectivity index (χ1n) is 9.22. The SMILES string of the molecule is Cn1nncc1CN1CCC(Cn2cnc(-c3cccnc3)cc2=O)CC1. The summed E-state index contributed by atoms with van der Waals surface area (Å²) < 4.78 is 3.55. The molecule has 140 valence electrons. The summed E-state index contributed by atoms with van der Waals surface area (Å²) in [6, 6.07) is 5.35. The van der Waals surface area contributed by atoms with E-state index in [4.69, 9.17) is 0 Å². The molecule has 0 bridgehead atoms. The molecule has 0 unspecified atom stereocenters. The molecule has 4 heterocycles. The number of aromatic nitrogens is 6. The van der Waals surface area contributed by atoms with Crippen molar-refractivity contribution >= 4 is 0 Å². The van der Waals surface area contributed by atoms with Crippen LogP contribution in [0.15, 0.2) is 47.9 Å². The second kappa shape index (κ2) is 7.79. The van der Waals surface area contributed by atoms with E-state index in [0.717, 1.165) is 50.3 Å². The Bertz CT molecular complexity index is 942. The van der Waals surface area contributed by atoms with Gasteiger partial charge in [-0.15, -0.1) is 5.10 Å². The van der Waals surface area contributed by atoms with Crippen molar-refractivity contribution in [3.63, 3.8) is 0 Å². The van der Waals surface area contributed by atoms with Crippen molar-refractivity contribution in [2.75, 3.05) is 13.1 Å². The highest BCUT2D eigenvalue weighted by Gasteiger charge is 2.21. The molecular weight excluding hydrogens is 342 g/mol. The minimum atomic E-state index is -0.00718. The fraction of sp³-hybridized carbons (Fsp3) is 0.421. The summed E-state index contributed by atoms with van der Waals surface area (Å²) in [5.74, 6) is 0.495. The van der Waals surface area contributed by atoms with Crippen LogP contribution < -0.4 is 5.56 Å². The number of pyridine rings is 1. The molecule has 0 atom stereocenters. The maximum atomic E-state index is 12.5. The summed E-state index contributed by atoms with van der Waals surface area (Å²) in [5, 5.41) is 7.92. The quantitative estimate of drug-likeness (QED) is 0.679. The van der Waals surface area contributed by atoms with Gasteiger partial charge in [-0.3, -0.25) is 23.9 Å². The van der Waals surface area contributed by atoms with Gasteiger partial charge in [-0.2, -0.15) is 0 Å². The van der Waals surface area contributed by atoms with E-state index in [0.29, 0.717) is 11.6 Å². The lowest BCUT2D eigenvalue weighted by Gasteiger charge is -2.31. The highest BCUT2D eigenvalue weighted by atomic mass is 16.1. The van der Waals surface area contributed by atoms with Gasteiger partial charge in [0.25, 0.3) is 5.56 Å². The van der Waals surface area contributed by atoms with Gasteiger partial charge < -0.3 is 0 Å². The maximum absolute atomic E-state index is 12.5. The van der Waals surface area contributed by atoms with Crippen LogP contribution in [0.2, 0.25) is 0 Å². The number of aryl methyl sites for hydroxylation is 1. The maximum Gasteiger partial charge on any atom is 0.253 e. The molecule has 1 saturated heterocycles. The van der Waals surface area contributed by atoms with Gasteiger partial charge in [0, 0.05) is 44.2 Å². The summed E-state index contributed by atoms with van der Waals surface area (Å²) >= 11 is 0. The Labute approximate surface area is 157 Å². The van der Waals surface area contributed by atoms with E-state index in [1.165, 1.54) is 0 Å². The number of hydrogen-bond donors (Lipinski definition) is 0. The molecule has 1 fully saturated rings. The van der Waals surface area contributed by atoms with Gasteiger partial charge in [0.1, 0.15) is 0 Å².